The summed E-state index contributed by atoms with van der Waals surface area (Å²) in [5.41, 5.74) is 1.03. The number of rotatable bonds is 4. The number of nitrogens with zero attached hydrogens (tertiary/aromatic N) is 4. The van der Waals surface area contributed by atoms with Crippen LogP contribution in [-0.2, 0) is 4.79 Å². The molecule has 7 heteroatoms. The SMILES string of the molecule is O=C1[C@@H]2CCCN2C(=O)N1CCN1CCN(c2ccc(F)cc2)CC1. The Labute approximate surface area is 146 Å². The standard InChI is InChI=1S/C18H23FN4O2/c19-14-3-5-15(6-4-14)21-11-8-20(9-12-21)10-13-23-17(24)16-2-1-7-22(16)18(23)25/h3-6,16H,1-2,7-13H2/t16-/m0/s1. The Morgan fingerprint density at radius 1 is 0.960 bits per heavy atom. The highest BCUT2D eigenvalue weighted by molar-refractivity contribution is 6.04. The molecule has 0 aliphatic carbocycles. The first kappa shape index (κ1) is 16.3. The predicted molar refractivity (Wildman–Crippen MR) is 91.9 cm³/mol. The van der Waals surface area contributed by atoms with Gasteiger partial charge in [0.05, 0.1) is 0 Å². The summed E-state index contributed by atoms with van der Waals surface area (Å²) in [5.74, 6) is -0.240. The van der Waals surface area contributed by atoms with Crippen molar-refractivity contribution in [1.82, 2.24) is 14.7 Å². The molecule has 1 atom stereocenters. The van der Waals surface area contributed by atoms with Gasteiger partial charge in [-0.15, -0.1) is 0 Å². The molecule has 3 saturated heterocycles. The number of carbonyl (C=O) groups excluding carboxylic acids is 2. The average Bonchev–Trinajstić information content (AvgIpc) is 3.19. The van der Waals surface area contributed by atoms with E-state index in [9.17, 15) is 14.0 Å². The van der Waals surface area contributed by atoms with Crippen LogP contribution in [0.1, 0.15) is 12.8 Å². The van der Waals surface area contributed by atoms with Gasteiger partial charge in [0.1, 0.15) is 11.9 Å². The summed E-state index contributed by atoms with van der Waals surface area (Å²) >= 11 is 0. The number of carbonyl (C=O) groups is 2. The summed E-state index contributed by atoms with van der Waals surface area (Å²) in [5, 5.41) is 0. The number of urea groups is 1. The minimum Gasteiger partial charge on any atom is -0.369 e. The lowest BCUT2D eigenvalue weighted by Gasteiger charge is -2.36. The molecule has 3 aliphatic rings. The van der Waals surface area contributed by atoms with Crippen molar-refractivity contribution in [3.63, 3.8) is 0 Å². The third-order valence-corrected chi connectivity index (χ3v) is 5.48. The monoisotopic (exact) mass is 346 g/mol. The van der Waals surface area contributed by atoms with Crippen molar-refractivity contribution in [3.8, 4) is 0 Å². The first-order chi connectivity index (χ1) is 12.1. The zero-order chi connectivity index (χ0) is 17.4. The molecule has 134 valence electrons. The number of piperazine rings is 1. The first-order valence-corrected chi connectivity index (χ1v) is 8.98. The van der Waals surface area contributed by atoms with Gasteiger partial charge in [-0.25, -0.2) is 9.18 Å². The van der Waals surface area contributed by atoms with Gasteiger partial charge >= 0.3 is 6.03 Å². The molecule has 0 radical (unpaired) electrons. The van der Waals surface area contributed by atoms with E-state index in [1.54, 1.807) is 17.0 Å². The highest BCUT2D eigenvalue weighted by Gasteiger charge is 2.47. The van der Waals surface area contributed by atoms with Crippen LogP contribution in [0.15, 0.2) is 24.3 Å². The third kappa shape index (κ3) is 3.08. The van der Waals surface area contributed by atoms with Crippen LogP contribution < -0.4 is 4.90 Å². The molecule has 1 aromatic carbocycles. The summed E-state index contributed by atoms with van der Waals surface area (Å²) in [4.78, 5) is 32.3. The Morgan fingerprint density at radius 3 is 2.36 bits per heavy atom. The number of fused-ring (bicyclic) bond motifs is 1. The van der Waals surface area contributed by atoms with E-state index in [0.29, 0.717) is 13.1 Å². The molecule has 1 aromatic rings. The van der Waals surface area contributed by atoms with Crippen LogP contribution in [0.2, 0.25) is 0 Å². The van der Waals surface area contributed by atoms with Gasteiger partial charge in [0, 0.05) is 51.5 Å². The quantitative estimate of drug-likeness (QED) is 0.773. The zero-order valence-corrected chi connectivity index (χ0v) is 14.2. The maximum atomic E-state index is 13.0. The molecule has 3 aliphatic heterocycles. The van der Waals surface area contributed by atoms with E-state index in [-0.39, 0.29) is 23.8 Å². The van der Waals surface area contributed by atoms with Crippen molar-refractivity contribution >= 4 is 17.6 Å². The normalized spacial score (nSPS) is 24.4. The third-order valence-electron chi connectivity index (χ3n) is 5.48. The number of imide groups is 1. The van der Waals surface area contributed by atoms with Crippen molar-refractivity contribution in [1.29, 1.82) is 0 Å². The number of hydrogen-bond donors (Lipinski definition) is 0. The van der Waals surface area contributed by atoms with Crippen molar-refractivity contribution in [2.45, 2.75) is 18.9 Å². The highest BCUT2D eigenvalue weighted by atomic mass is 19.1. The summed E-state index contributed by atoms with van der Waals surface area (Å²) in [6.07, 6.45) is 1.73. The molecule has 3 amide bonds. The molecule has 0 bridgehead atoms. The molecule has 0 spiro atoms. The highest BCUT2D eigenvalue weighted by Crippen LogP contribution is 2.27. The van der Waals surface area contributed by atoms with Gasteiger partial charge in [-0.2, -0.15) is 0 Å². The molecular formula is C18H23FN4O2. The lowest BCUT2D eigenvalue weighted by atomic mass is 10.2. The van der Waals surface area contributed by atoms with Crippen LogP contribution in [0, 0.1) is 5.82 Å². The van der Waals surface area contributed by atoms with Crippen molar-refractivity contribution in [2.24, 2.45) is 0 Å². The maximum Gasteiger partial charge on any atom is 0.327 e. The van der Waals surface area contributed by atoms with Gasteiger partial charge in [0.2, 0.25) is 0 Å². The number of amides is 3. The van der Waals surface area contributed by atoms with Gasteiger partial charge < -0.3 is 9.80 Å². The van der Waals surface area contributed by atoms with Crippen LogP contribution in [0.25, 0.3) is 0 Å². The molecule has 6 nitrogen and oxygen atoms in total. The second kappa shape index (κ2) is 6.63. The molecular weight excluding hydrogens is 323 g/mol. The van der Waals surface area contributed by atoms with Crippen LogP contribution in [0.5, 0.6) is 0 Å². The van der Waals surface area contributed by atoms with Crippen LogP contribution in [0.4, 0.5) is 14.9 Å². The van der Waals surface area contributed by atoms with E-state index in [0.717, 1.165) is 51.3 Å². The lowest BCUT2D eigenvalue weighted by molar-refractivity contribution is -0.128. The molecule has 0 unspecified atom stereocenters. The number of benzene rings is 1. The largest absolute Gasteiger partial charge is 0.369 e. The molecule has 4 rings (SSSR count). The molecule has 25 heavy (non-hydrogen) atoms. The Kier molecular flexibility index (Phi) is 4.33. The van der Waals surface area contributed by atoms with E-state index >= 15 is 0 Å². The number of anilines is 1. The minimum atomic E-state index is -0.220. The topological polar surface area (TPSA) is 47.1 Å². The van der Waals surface area contributed by atoms with Gasteiger partial charge in [-0.1, -0.05) is 0 Å². The van der Waals surface area contributed by atoms with Crippen LogP contribution in [-0.4, -0.2) is 78.5 Å². The average molecular weight is 346 g/mol. The van der Waals surface area contributed by atoms with Crippen molar-refractivity contribution < 1.29 is 14.0 Å². The van der Waals surface area contributed by atoms with E-state index in [2.05, 4.69) is 9.80 Å². The van der Waals surface area contributed by atoms with Gasteiger partial charge in [0.25, 0.3) is 5.91 Å². The fraction of sp³-hybridized carbons (Fsp3) is 0.556. The Hall–Kier alpha value is -2.15. The van der Waals surface area contributed by atoms with Crippen LogP contribution >= 0.6 is 0 Å². The van der Waals surface area contributed by atoms with E-state index < -0.39 is 0 Å². The summed E-state index contributed by atoms with van der Waals surface area (Å²) < 4.78 is 13.0. The first-order valence-electron chi connectivity index (χ1n) is 8.98. The van der Waals surface area contributed by atoms with Gasteiger partial charge in [0.15, 0.2) is 0 Å². The second-order valence-corrected chi connectivity index (χ2v) is 6.93. The lowest BCUT2D eigenvalue weighted by Crippen LogP contribution is -2.49. The zero-order valence-electron chi connectivity index (χ0n) is 14.2. The van der Waals surface area contributed by atoms with Crippen molar-refractivity contribution in [2.75, 3.05) is 50.7 Å². The number of hydrogen-bond acceptors (Lipinski definition) is 4. The molecule has 3 fully saturated rings. The fourth-order valence-electron chi connectivity index (χ4n) is 4.01. The van der Waals surface area contributed by atoms with E-state index in [4.69, 9.17) is 0 Å². The van der Waals surface area contributed by atoms with Gasteiger partial charge in [-0.3, -0.25) is 14.6 Å². The Balaban J connectivity index is 1.27. The molecule has 0 N–H and O–H groups in total. The fourth-order valence-corrected chi connectivity index (χ4v) is 4.01. The summed E-state index contributed by atoms with van der Waals surface area (Å²) in [6.45, 7) is 5.38. The molecule has 0 saturated carbocycles. The summed E-state index contributed by atoms with van der Waals surface area (Å²) in [6, 6.07) is 6.26. The second-order valence-electron chi connectivity index (χ2n) is 6.93. The summed E-state index contributed by atoms with van der Waals surface area (Å²) in [7, 11) is 0. The van der Waals surface area contributed by atoms with Crippen LogP contribution in [0.3, 0.4) is 0 Å². The van der Waals surface area contributed by atoms with Gasteiger partial charge in [-0.05, 0) is 37.1 Å². The van der Waals surface area contributed by atoms with E-state index in [1.165, 1.54) is 17.0 Å². The number of halogens is 1. The van der Waals surface area contributed by atoms with Crippen molar-refractivity contribution in [3.05, 3.63) is 30.1 Å². The Morgan fingerprint density at radius 2 is 1.68 bits per heavy atom. The molecule has 0 aromatic heterocycles. The Bertz CT molecular complexity index is 636. The maximum absolute atomic E-state index is 13.0. The predicted octanol–water partition coefficient (Wildman–Crippen LogP) is 1.37. The van der Waals surface area contributed by atoms with E-state index in [1.807, 2.05) is 0 Å². The minimum absolute atomic E-state index is 0.0209. The molecule has 3 heterocycles. The smallest absolute Gasteiger partial charge is 0.327 e.